The number of aromatic nitrogens is 2. The fourth-order valence-electron chi connectivity index (χ4n) is 3.07. The zero-order valence-electron chi connectivity index (χ0n) is 18.4. The Morgan fingerprint density at radius 3 is 2.52 bits per heavy atom. The molecule has 0 saturated carbocycles. The second-order valence-electron chi connectivity index (χ2n) is 6.66. The molecule has 1 amide bonds. The van der Waals surface area contributed by atoms with E-state index in [9.17, 15) is 14.9 Å². The minimum Gasteiger partial charge on any atom is -0.497 e. The summed E-state index contributed by atoms with van der Waals surface area (Å²) in [5.74, 6) is 0.767. The predicted molar refractivity (Wildman–Crippen MR) is 120 cm³/mol. The molecule has 0 aliphatic carbocycles. The van der Waals surface area contributed by atoms with Crippen LogP contribution in [0.4, 0.5) is 0 Å². The predicted octanol–water partition coefficient (Wildman–Crippen LogP) is 2.20. The molecule has 1 aromatic heterocycles. The van der Waals surface area contributed by atoms with E-state index in [-0.39, 0.29) is 16.8 Å². The molecule has 0 aliphatic heterocycles. The van der Waals surface area contributed by atoms with Gasteiger partial charge >= 0.3 is 0 Å². The molecule has 10 heteroatoms. The smallest absolute Gasteiger partial charge is 0.292 e. The van der Waals surface area contributed by atoms with Crippen LogP contribution < -0.4 is 25.2 Å². The van der Waals surface area contributed by atoms with Gasteiger partial charge in [0.05, 0.1) is 27.5 Å². The van der Waals surface area contributed by atoms with Gasteiger partial charge in [0.1, 0.15) is 34.6 Å². The highest BCUT2D eigenvalue weighted by molar-refractivity contribution is 5.95. The van der Waals surface area contributed by atoms with Crippen LogP contribution in [0.15, 0.2) is 52.4 Å². The number of amides is 1. The summed E-state index contributed by atoms with van der Waals surface area (Å²) in [4.78, 5) is 25.7. The Labute approximate surface area is 189 Å². The van der Waals surface area contributed by atoms with Crippen molar-refractivity contribution in [3.63, 3.8) is 0 Å². The van der Waals surface area contributed by atoms with Crippen LogP contribution in [0.25, 0.3) is 5.69 Å². The first-order valence-corrected chi connectivity index (χ1v) is 9.68. The lowest BCUT2D eigenvalue weighted by molar-refractivity contribution is 0.0947. The fraction of sp³-hybridized carbons (Fsp3) is 0.174. The van der Waals surface area contributed by atoms with E-state index in [2.05, 4.69) is 15.6 Å². The summed E-state index contributed by atoms with van der Waals surface area (Å²) >= 11 is 0. The Bertz CT molecular complexity index is 1320. The van der Waals surface area contributed by atoms with Crippen molar-refractivity contribution in [2.75, 3.05) is 21.3 Å². The fourth-order valence-corrected chi connectivity index (χ4v) is 3.07. The number of hydrazone groups is 1. The van der Waals surface area contributed by atoms with Crippen molar-refractivity contribution in [2.24, 2.45) is 5.10 Å². The number of carbonyl (C=O) groups excluding carboxylic acids is 1. The number of carbonyl (C=O) groups is 1. The molecular formula is C23H21N5O5. The third kappa shape index (κ3) is 4.67. The first-order chi connectivity index (χ1) is 15.9. The molecule has 33 heavy (non-hydrogen) atoms. The molecule has 0 spiro atoms. The quantitative estimate of drug-likeness (QED) is 0.434. The Morgan fingerprint density at radius 1 is 1.12 bits per heavy atom. The molecule has 168 valence electrons. The normalized spacial score (nSPS) is 10.5. The molecule has 0 aliphatic rings. The van der Waals surface area contributed by atoms with Gasteiger partial charge in [0.25, 0.3) is 11.5 Å². The van der Waals surface area contributed by atoms with E-state index in [0.29, 0.717) is 28.5 Å². The number of para-hydroxylation sites is 2. The number of nitriles is 1. The molecule has 0 bridgehead atoms. The molecule has 1 heterocycles. The lowest BCUT2D eigenvalue weighted by Crippen LogP contribution is -2.31. The number of methoxy groups -OCH3 is 3. The topological polar surface area (TPSA) is 128 Å². The highest BCUT2D eigenvalue weighted by Gasteiger charge is 2.21. The Morgan fingerprint density at radius 2 is 1.85 bits per heavy atom. The number of rotatable bonds is 7. The summed E-state index contributed by atoms with van der Waals surface area (Å²) in [7, 11) is 4.48. The Balaban J connectivity index is 2.00. The van der Waals surface area contributed by atoms with Crippen LogP contribution in [0.2, 0.25) is 0 Å². The molecule has 3 rings (SSSR count). The van der Waals surface area contributed by atoms with E-state index in [1.54, 1.807) is 42.5 Å². The van der Waals surface area contributed by atoms with Crippen LogP contribution in [0.5, 0.6) is 17.2 Å². The zero-order valence-corrected chi connectivity index (χ0v) is 18.4. The van der Waals surface area contributed by atoms with Crippen LogP contribution in [-0.2, 0) is 0 Å². The van der Waals surface area contributed by atoms with E-state index in [1.807, 2.05) is 6.07 Å². The van der Waals surface area contributed by atoms with Crippen molar-refractivity contribution in [3.05, 3.63) is 75.2 Å². The lowest BCUT2D eigenvalue weighted by atomic mass is 10.1. The van der Waals surface area contributed by atoms with Gasteiger partial charge in [-0.1, -0.05) is 12.1 Å². The number of hydrogen-bond donors (Lipinski definition) is 1. The minimum absolute atomic E-state index is 0.133. The second-order valence-corrected chi connectivity index (χ2v) is 6.66. The number of nitrogens with one attached hydrogen (secondary N) is 1. The van der Waals surface area contributed by atoms with E-state index >= 15 is 0 Å². The van der Waals surface area contributed by atoms with Gasteiger partial charge in [-0.15, -0.1) is 0 Å². The van der Waals surface area contributed by atoms with Gasteiger partial charge in [-0.2, -0.15) is 20.1 Å². The average molecular weight is 447 g/mol. The monoisotopic (exact) mass is 447 g/mol. The minimum atomic E-state index is -0.703. The maximum Gasteiger partial charge on any atom is 0.292 e. The van der Waals surface area contributed by atoms with E-state index in [1.165, 1.54) is 34.5 Å². The van der Waals surface area contributed by atoms with Gasteiger partial charge in [0.2, 0.25) is 0 Å². The van der Waals surface area contributed by atoms with Gasteiger partial charge < -0.3 is 14.2 Å². The largest absolute Gasteiger partial charge is 0.497 e. The molecule has 0 unspecified atom stereocenters. The van der Waals surface area contributed by atoms with Gasteiger partial charge in [-0.25, -0.2) is 5.43 Å². The number of hydrogen-bond acceptors (Lipinski definition) is 8. The van der Waals surface area contributed by atoms with Crippen molar-refractivity contribution in [2.45, 2.75) is 6.92 Å². The van der Waals surface area contributed by atoms with Crippen LogP contribution in [-0.4, -0.2) is 43.2 Å². The third-order valence-electron chi connectivity index (χ3n) is 4.78. The van der Waals surface area contributed by atoms with Gasteiger partial charge in [0.15, 0.2) is 5.69 Å². The second kappa shape index (κ2) is 10.1. The van der Waals surface area contributed by atoms with Crippen LogP contribution >= 0.6 is 0 Å². The van der Waals surface area contributed by atoms with Gasteiger partial charge in [-0.3, -0.25) is 9.59 Å². The Kier molecular flexibility index (Phi) is 7.05. The molecule has 3 aromatic rings. The summed E-state index contributed by atoms with van der Waals surface area (Å²) in [6.07, 6.45) is 1.38. The molecule has 0 fully saturated rings. The van der Waals surface area contributed by atoms with Crippen LogP contribution in [0.3, 0.4) is 0 Å². The number of ether oxygens (including phenoxy) is 3. The van der Waals surface area contributed by atoms with Crippen LogP contribution in [0, 0.1) is 18.3 Å². The van der Waals surface area contributed by atoms with Crippen molar-refractivity contribution >= 4 is 12.1 Å². The van der Waals surface area contributed by atoms with Gasteiger partial charge in [-0.05, 0) is 37.3 Å². The number of benzene rings is 2. The molecule has 2 aromatic carbocycles. The highest BCUT2D eigenvalue weighted by Crippen LogP contribution is 2.23. The SMILES string of the molecule is COc1ccc(OC)c(/C=N/NC(=O)c2nn(-c3ccccc3OC)c(=O)c(C#N)c2C)c1. The van der Waals surface area contributed by atoms with Crippen LogP contribution in [0.1, 0.15) is 27.2 Å². The standard InChI is InChI=1S/C23H21N5O5/c1-14-17(12-24)23(30)28(18-7-5-6-8-20(18)33-4)27-21(14)22(29)26-25-13-15-11-16(31-2)9-10-19(15)32-3/h5-11,13H,1-4H3,(H,26,29)/b25-13+. The first-order valence-electron chi connectivity index (χ1n) is 9.68. The molecule has 0 saturated heterocycles. The van der Waals surface area contributed by atoms with Crippen molar-refractivity contribution < 1.29 is 19.0 Å². The van der Waals surface area contributed by atoms with E-state index in [0.717, 1.165) is 4.68 Å². The maximum absolute atomic E-state index is 12.9. The zero-order chi connectivity index (χ0) is 24.0. The van der Waals surface area contributed by atoms with E-state index in [4.69, 9.17) is 14.2 Å². The lowest BCUT2D eigenvalue weighted by Gasteiger charge is -2.13. The van der Waals surface area contributed by atoms with Gasteiger partial charge in [0, 0.05) is 11.1 Å². The first kappa shape index (κ1) is 23.0. The average Bonchev–Trinajstić information content (AvgIpc) is 2.84. The van der Waals surface area contributed by atoms with Crippen molar-refractivity contribution in [1.29, 1.82) is 5.26 Å². The summed E-state index contributed by atoms with van der Waals surface area (Å²) < 4.78 is 16.7. The molecule has 0 atom stereocenters. The summed E-state index contributed by atoms with van der Waals surface area (Å²) in [5.41, 5.74) is 2.36. The van der Waals surface area contributed by atoms with Crippen molar-refractivity contribution in [3.8, 4) is 29.0 Å². The summed E-state index contributed by atoms with van der Waals surface area (Å²) in [6.45, 7) is 1.48. The van der Waals surface area contributed by atoms with Crippen molar-refractivity contribution in [1.82, 2.24) is 15.2 Å². The summed E-state index contributed by atoms with van der Waals surface area (Å²) in [5, 5.41) is 17.7. The summed E-state index contributed by atoms with van der Waals surface area (Å²) in [6, 6.07) is 13.6. The molecule has 10 nitrogen and oxygen atoms in total. The Hall–Kier alpha value is -4.65. The van der Waals surface area contributed by atoms with E-state index < -0.39 is 11.5 Å². The number of nitrogens with zero attached hydrogens (tertiary/aromatic N) is 4. The molecular weight excluding hydrogens is 426 g/mol. The molecule has 0 radical (unpaired) electrons. The maximum atomic E-state index is 12.9. The molecule has 1 N–H and O–H groups in total. The third-order valence-corrected chi connectivity index (χ3v) is 4.78. The highest BCUT2D eigenvalue weighted by atomic mass is 16.5.